The van der Waals surface area contributed by atoms with Crippen LogP contribution in [0.1, 0.15) is 18.4 Å². The third kappa shape index (κ3) is 3.85. The molecule has 120 valence electrons. The van der Waals surface area contributed by atoms with Crippen molar-refractivity contribution in [1.82, 2.24) is 4.90 Å². The molecule has 0 spiro atoms. The minimum absolute atomic E-state index is 0.0857. The zero-order chi connectivity index (χ0) is 16.1. The average Bonchev–Trinajstić information content (AvgIpc) is 2.52. The van der Waals surface area contributed by atoms with Crippen LogP contribution in [0.2, 0.25) is 0 Å². The number of hydrogen-bond donors (Lipinski definition) is 3. The smallest absolute Gasteiger partial charge is 0.407 e. The summed E-state index contributed by atoms with van der Waals surface area (Å²) in [6.07, 6.45) is 0.756. The molecule has 22 heavy (non-hydrogen) atoms. The summed E-state index contributed by atoms with van der Waals surface area (Å²) in [5.74, 6) is 0.127. The van der Waals surface area contributed by atoms with Gasteiger partial charge >= 0.3 is 6.09 Å². The number of carboxylic acid groups (broad SMARTS) is 1. The standard InChI is InChI=1S/C14H19N3O5/c18-9-10-3-4-12(13(6-10)17(21)22)15-7-11-2-1-5-16(8-11)14(19)20/h3-4,6,11,15,18H,1-2,5,7-9H2,(H,19,20)/t11-/m0/s1. The van der Waals surface area contributed by atoms with Gasteiger partial charge in [-0.3, -0.25) is 10.1 Å². The molecule has 1 amide bonds. The molecule has 8 heteroatoms. The fourth-order valence-electron chi connectivity index (χ4n) is 2.64. The molecule has 1 aliphatic heterocycles. The number of carbonyl (C=O) groups is 1. The number of benzene rings is 1. The summed E-state index contributed by atoms with van der Waals surface area (Å²) in [5, 5.41) is 32.2. The van der Waals surface area contributed by atoms with Crippen molar-refractivity contribution in [2.75, 3.05) is 25.0 Å². The second-order valence-electron chi connectivity index (χ2n) is 5.38. The van der Waals surface area contributed by atoms with E-state index in [-0.39, 0.29) is 18.2 Å². The van der Waals surface area contributed by atoms with Gasteiger partial charge in [-0.2, -0.15) is 0 Å². The first-order chi connectivity index (χ1) is 10.5. The summed E-state index contributed by atoms with van der Waals surface area (Å²) in [7, 11) is 0. The lowest BCUT2D eigenvalue weighted by atomic mass is 9.98. The summed E-state index contributed by atoms with van der Waals surface area (Å²) in [4.78, 5) is 22.9. The van der Waals surface area contributed by atoms with Crippen molar-refractivity contribution in [2.24, 2.45) is 5.92 Å². The highest BCUT2D eigenvalue weighted by Gasteiger charge is 2.24. The van der Waals surface area contributed by atoms with Gasteiger partial charge in [-0.25, -0.2) is 4.79 Å². The molecule has 8 nitrogen and oxygen atoms in total. The van der Waals surface area contributed by atoms with E-state index in [1.807, 2.05) is 0 Å². The molecular weight excluding hydrogens is 290 g/mol. The number of hydrogen-bond acceptors (Lipinski definition) is 5. The molecule has 3 N–H and O–H groups in total. The van der Waals surface area contributed by atoms with Crippen molar-refractivity contribution < 1.29 is 19.9 Å². The lowest BCUT2D eigenvalue weighted by Gasteiger charge is -2.30. The zero-order valence-corrected chi connectivity index (χ0v) is 12.1. The first-order valence-corrected chi connectivity index (χ1v) is 7.11. The molecule has 0 saturated carbocycles. The maximum Gasteiger partial charge on any atom is 0.407 e. The van der Waals surface area contributed by atoms with Gasteiger partial charge in [0.15, 0.2) is 0 Å². The quantitative estimate of drug-likeness (QED) is 0.565. The van der Waals surface area contributed by atoms with Crippen molar-refractivity contribution in [3.8, 4) is 0 Å². The van der Waals surface area contributed by atoms with E-state index < -0.39 is 11.0 Å². The number of nitrogens with one attached hydrogen (secondary N) is 1. The molecule has 1 atom stereocenters. The van der Waals surface area contributed by atoms with Crippen LogP contribution in [0.3, 0.4) is 0 Å². The highest BCUT2D eigenvalue weighted by atomic mass is 16.6. The van der Waals surface area contributed by atoms with E-state index in [0.29, 0.717) is 30.9 Å². The number of likely N-dealkylation sites (tertiary alicyclic amines) is 1. The Morgan fingerprint density at radius 1 is 1.50 bits per heavy atom. The van der Waals surface area contributed by atoms with Crippen LogP contribution in [-0.2, 0) is 6.61 Å². The van der Waals surface area contributed by atoms with E-state index in [1.165, 1.54) is 11.0 Å². The van der Waals surface area contributed by atoms with Crippen LogP contribution in [0.25, 0.3) is 0 Å². The molecule has 0 unspecified atom stereocenters. The molecule has 0 radical (unpaired) electrons. The Morgan fingerprint density at radius 3 is 2.91 bits per heavy atom. The number of rotatable bonds is 5. The van der Waals surface area contributed by atoms with Crippen LogP contribution in [0.5, 0.6) is 0 Å². The fraction of sp³-hybridized carbons (Fsp3) is 0.500. The predicted octanol–water partition coefficient (Wildman–Crippen LogP) is 1.89. The molecule has 2 rings (SSSR count). The Balaban J connectivity index is 2.02. The largest absolute Gasteiger partial charge is 0.465 e. The number of nitrogens with zero attached hydrogens (tertiary/aromatic N) is 2. The first-order valence-electron chi connectivity index (χ1n) is 7.11. The predicted molar refractivity (Wildman–Crippen MR) is 79.8 cm³/mol. The minimum atomic E-state index is -0.928. The second-order valence-corrected chi connectivity index (χ2v) is 5.38. The highest BCUT2D eigenvalue weighted by molar-refractivity contribution is 5.65. The Kier molecular flexibility index (Phi) is 5.16. The van der Waals surface area contributed by atoms with Crippen LogP contribution < -0.4 is 5.32 Å². The zero-order valence-electron chi connectivity index (χ0n) is 12.1. The summed E-state index contributed by atoms with van der Waals surface area (Å²) in [6.45, 7) is 1.20. The molecule has 1 aromatic rings. The van der Waals surface area contributed by atoms with Crippen molar-refractivity contribution in [2.45, 2.75) is 19.4 Å². The monoisotopic (exact) mass is 309 g/mol. The molecule has 0 aliphatic carbocycles. The summed E-state index contributed by atoms with van der Waals surface area (Å²) in [5.41, 5.74) is 0.777. The van der Waals surface area contributed by atoms with Crippen molar-refractivity contribution in [3.05, 3.63) is 33.9 Å². The highest BCUT2D eigenvalue weighted by Crippen LogP contribution is 2.26. The van der Waals surface area contributed by atoms with Gasteiger partial charge < -0.3 is 20.4 Å². The fourth-order valence-corrected chi connectivity index (χ4v) is 2.64. The van der Waals surface area contributed by atoms with Gasteiger partial charge in [-0.15, -0.1) is 0 Å². The van der Waals surface area contributed by atoms with Crippen molar-refractivity contribution in [1.29, 1.82) is 0 Å². The van der Waals surface area contributed by atoms with E-state index >= 15 is 0 Å². The van der Waals surface area contributed by atoms with Gasteiger partial charge in [0.1, 0.15) is 5.69 Å². The summed E-state index contributed by atoms with van der Waals surface area (Å²) < 4.78 is 0. The lowest BCUT2D eigenvalue weighted by Crippen LogP contribution is -2.41. The van der Waals surface area contributed by atoms with Gasteiger partial charge in [-0.1, -0.05) is 6.07 Å². The van der Waals surface area contributed by atoms with Gasteiger partial charge in [0.05, 0.1) is 11.5 Å². The third-order valence-corrected chi connectivity index (χ3v) is 3.81. The van der Waals surface area contributed by atoms with E-state index in [4.69, 9.17) is 10.2 Å². The number of aliphatic hydroxyl groups is 1. The van der Waals surface area contributed by atoms with Gasteiger partial charge in [0, 0.05) is 25.7 Å². The molecule has 1 fully saturated rings. The Labute approximate surface area is 127 Å². The number of anilines is 1. The molecule has 1 heterocycles. The van der Waals surface area contributed by atoms with Crippen LogP contribution >= 0.6 is 0 Å². The van der Waals surface area contributed by atoms with Crippen molar-refractivity contribution in [3.63, 3.8) is 0 Å². The summed E-state index contributed by atoms with van der Waals surface area (Å²) in [6, 6.07) is 4.54. The van der Waals surface area contributed by atoms with E-state index in [1.54, 1.807) is 12.1 Å². The lowest BCUT2D eigenvalue weighted by molar-refractivity contribution is -0.384. The SMILES string of the molecule is O=C(O)N1CCC[C@@H](CNc2ccc(CO)cc2[N+](=O)[O-])C1. The second kappa shape index (κ2) is 7.08. The maximum atomic E-state index is 11.1. The molecule has 0 aromatic heterocycles. The van der Waals surface area contributed by atoms with E-state index in [9.17, 15) is 14.9 Å². The van der Waals surface area contributed by atoms with E-state index in [2.05, 4.69) is 5.32 Å². The Morgan fingerprint density at radius 2 is 2.27 bits per heavy atom. The van der Waals surface area contributed by atoms with Gasteiger partial charge in [0.2, 0.25) is 0 Å². The van der Waals surface area contributed by atoms with Crippen LogP contribution in [0.15, 0.2) is 18.2 Å². The number of piperidine rings is 1. The normalized spacial score (nSPS) is 18.0. The number of nitro groups is 1. The molecule has 0 bridgehead atoms. The topological polar surface area (TPSA) is 116 Å². The third-order valence-electron chi connectivity index (χ3n) is 3.81. The van der Waals surface area contributed by atoms with Crippen LogP contribution in [0, 0.1) is 16.0 Å². The molecule has 1 saturated heterocycles. The van der Waals surface area contributed by atoms with Crippen LogP contribution in [-0.4, -0.2) is 45.8 Å². The first kappa shape index (κ1) is 16.0. The Bertz CT molecular complexity index is 563. The molecule has 1 aliphatic rings. The Hall–Kier alpha value is -2.35. The van der Waals surface area contributed by atoms with Gasteiger partial charge in [0.25, 0.3) is 5.69 Å². The number of nitro benzene ring substituents is 1. The number of aliphatic hydroxyl groups excluding tert-OH is 1. The minimum Gasteiger partial charge on any atom is -0.465 e. The number of amides is 1. The van der Waals surface area contributed by atoms with Crippen molar-refractivity contribution >= 4 is 17.5 Å². The summed E-state index contributed by atoms with van der Waals surface area (Å²) >= 11 is 0. The van der Waals surface area contributed by atoms with Crippen LogP contribution in [0.4, 0.5) is 16.2 Å². The van der Waals surface area contributed by atoms with Gasteiger partial charge in [-0.05, 0) is 30.4 Å². The maximum absolute atomic E-state index is 11.1. The molecular formula is C14H19N3O5. The molecule has 1 aromatic carbocycles. The van der Waals surface area contributed by atoms with E-state index in [0.717, 1.165) is 12.8 Å². The average molecular weight is 309 g/mol.